The molecule has 0 bridgehead atoms. The zero-order chi connectivity index (χ0) is 13.7. The lowest BCUT2D eigenvalue weighted by Gasteiger charge is -2.29. The van der Waals surface area contributed by atoms with Crippen molar-refractivity contribution in [2.75, 3.05) is 13.2 Å². The first kappa shape index (κ1) is 14.6. The van der Waals surface area contributed by atoms with E-state index in [4.69, 9.17) is 16.3 Å². The number of halogens is 2. The highest BCUT2D eigenvalue weighted by molar-refractivity contribution is 6.32. The van der Waals surface area contributed by atoms with Crippen LogP contribution in [0.5, 0.6) is 5.75 Å². The van der Waals surface area contributed by atoms with Crippen LogP contribution < -0.4 is 10.1 Å². The summed E-state index contributed by atoms with van der Waals surface area (Å²) >= 11 is 5.89. The Morgan fingerprint density at radius 1 is 1.37 bits per heavy atom. The lowest BCUT2D eigenvalue weighted by molar-refractivity contribution is 0.247. The van der Waals surface area contributed by atoms with E-state index in [0.29, 0.717) is 23.6 Å². The Labute approximate surface area is 119 Å². The second kappa shape index (κ2) is 7.11. The largest absolute Gasteiger partial charge is 0.488 e. The van der Waals surface area contributed by atoms with Crippen LogP contribution in [0.2, 0.25) is 5.02 Å². The summed E-state index contributed by atoms with van der Waals surface area (Å²) in [6.45, 7) is 3.44. The number of hydrogen-bond donors (Lipinski definition) is 1. The summed E-state index contributed by atoms with van der Waals surface area (Å²) in [5.41, 5.74) is 0. The van der Waals surface area contributed by atoms with Gasteiger partial charge in [-0.15, -0.1) is 0 Å². The summed E-state index contributed by atoms with van der Waals surface area (Å²) in [5, 5.41) is 3.82. The second-order valence-corrected chi connectivity index (χ2v) is 5.63. The van der Waals surface area contributed by atoms with E-state index in [1.54, 1.807) is 12.1 Å². The van der Waals surface area contributed by atoms with Crippen molar-refractivity contribution in [2.45, 2.75) is 38.6 Å². The lowest BCUT2D eigenvalue weighted by Crippen LogP contribution is -2.39. The molecular formula is C15H21ClFNO. The SMILES string of the molecule is CC1CCCCC1NCCOc1c(F)cccc1Cl. The first-order valence-corrected chi connectivity index (χ1v) is 7.36. The van der Waals surface area contributed by atoms with Crippen molar-refractivity contribution in [2.24, 2.45) is 5.92 Å². The van der Waals surface area contributed by atoms with Gasteiger partial charge < -0.3 is 10.1 Å². The predicted octanol–water partition coefficient (Wildman–Crippen LogP) is 4.03. The number of ether oxygens (including phenoxy) is 1. The third-order valence-electron chi connectivity index (χ3n) is 3.79. The van der Waals surface area contributed by atoms with Crippen LogP contribution in [0.4, 0.5) is 4.39 Å². The second-order valence-electron chi connectivity index (χ2n) is 5.22. The molecule has 0 aliphatic heterocycles. The van der Waals surface area contributed by atoms with E-state index in [0.717, 1.165) is 6.54 Å². The highest BCUT2D eigenvalue weighted by atomic mass is 35.5. The number of nitrogens with one attached hydrogen (secondary N) is 1. The molecule has 1 fully saturated rings. The molecule has 0 amide bonds. The van der Waals surface area contributed by atoms with Gasteiger partial charge in [-0.05, 0) is 30.9 Å². The van der Waals surface area contributed by atoms with E-state index in [9.17, 15) is 4.39 Å². The molecule has 2 unspecified atom stereocenters. The molecule has 0 aromatic heterocycles. The minimum absolute atomic E-state index is 0.155. The van der Waals surface area contributed by atoms with Gasteiger partial charge in [-0.1, -0.05) is 37.4 Å². The molecule has 1 aromatic carbocycles. The summed E-state index contributed by atoms with van der Waals surface area (Å²) in [6, 6.07) is 5.13. The van der Waals surface area contributed by atoms with Crippen LogP contribution >= 0.6 is 11.6 Å². The van der Waals surface area contributed by atoms with Gasteiger partial charge in [-0.2, -0.15) is 0 Å². The molecule has 1 aliphatic rings. The van der Waals surface area contributed by atoms with Crippen molar-refractivity contribution in [3.8, 4) is 5.75 Å². The normalized spacial score (nSPS) is 23.3. The molecular weight excluding hydrogens is 265 g/mol. The summed E-state index contributed by atoms with van der Waals surface area (Å²) < 4.78 is 18.9. The molecule has 0 spiro atoms. The lowest BCUT2D eigenvalue weighted by atomic mass is 9.86. The van der Waals surface area contributed by atoms with Gasteiger partial charge in [0.05, 0.1) is 5.02 Å². The van der Waals surface area contributed by atoms with Gasteiger partial charge in [0.15, 0.2) is 11.6 Å². The zero-order valence-electron chi connectivity index (χ0n) is 11.3. The smallest absolute Gasteiger partial charge is 0.173 e. The molecule has 2 nitrogen and oxygen atoms in total. The first-order chi connectivity index (χ1) is 9.18. The summed E-state index contributed by atoms with van der Waals surface area (Å²) in [4.78, 5) is 0. The molecule has 0 heterocycles. The van der Waals surface area contributed by atoms with Crippen molar-refractivity contribution < 1.29 is 9.13 Å². The molecule has 1 saturated carbocycles. The van der Waals surface area contributed by atoms with E-state index < -0.39 is 5.82 Å². The molecule has 0 saturated heterocycles. The Kier molecular flexibility index (Phi) is 5.46. The van der Waals surface area contributed by atoms with Crippen LogP contribution in [0.3, 0.4) is 0 Å². The molecule has 0 radical (unpaired) electrons. The van der Waals surface area contributed by atoms with Crippen LogP contribution in [0, 0.1) is 11.7 Å². The minimum Gasteiger partial charge on any atom is -0.488 e. The third-order valence-corrected chi connectivity index (χ3v) is 4.08. The predicted molar refractivity (Wildman–Crippen MR) is 76.3 cm³/mol. The van der Waals surface area contributed by atoms with Gasteiger partial charge in [-0.25, -0.2) is 4.39 Å². The molecule has 1 N–H and O–H groups in total. The van der Waals surface area contributed by atoms with Gasteiger partial charge >= 0.3 is 0 Å². The van der Waals surface area contributed by atoms with E-state index in [1.165, 1.54) is 31.7 Å². The average molecular weight is 286 g/mol. The topological polar surface area (TPSA) is 21.3 Å². The van der Waals surface area contributed by atoms with Gasteiger partial charge in [-0.3, -0.25) is 0 Å². The Balaban J connectivity index is 1.74. The van der Waals surface area contributed by atoms with Crippen molar-refractivity contribution in [3.63, 3.8) is 0 Å². The summed E-state index contributed by atoms with van der Waals surface area (Å²) in [7, 11) is 0. The summed E-state index contributed by atoms with van der Waals surface area (Å²) in [6.07, 6.45) is 5.14. The van der Waals surface area contributed by atoms with Crippen LogP contribution in [-0.4, -0.2) is 19.2 Å². The molecule has 2 rings (SSSR count). The molecule has 2 atom stereocenters. The van der Waals surface area contributed by atoms with E-state index in [2.05, 4.69) is 12.2 Å². The molecule has 1 aliphatic carbocycles. The van der Waals surface area contributed by atoms with E-state index in [-0.39, 0.29) is 5.75 Å². The fourth-order valence-corrected chi connectivity index (χ4v) is 2.85. The van der Waals surface area contributed by atoms with Crippen LogP contribution in [0.25, 0.3) is 0 Å². The van der Waals surface area contributed by atoms with Crippen LogP contribution in [0.1, 0.15) is 32.6 Å². The maximum atomic E-state index is 13.5. The molecule has 19 heavy (non-hydrogen) atoms. The number of para-hydroxylation sites is 1. The standard InChI is InChI=1S/C15H21ClFNO/c1-11-5-2-3-8-14(11)18-9-10-19-15-12(16)6-4-7-13(15)17/h4,6-7,11,14,18H,2-3,5,8-10H2,1H3. The van der Waals surface area contributed by atoms with Crippen molar-refractivity contribution in [3.05, 3.63) is 29.0 Å². The van der Waals surface area contributed by atoms with Crippen LogP contribution in [-0.2, 0) is 0 Å². The Morgan fingerprint density at radius 3 is 2.89 bits per heavy atom. The van der Waals surface area contributed by atoms with Gasteiger partial charge in [0.2, 0.25) is 0 Å². The van der Waals surface area contributed by atoms with Crippen LogP contribution in [0.15, 0.2) is 18.2 Å². The van der Waals surface area contributed by atoms with Crippen molar-refractivity contribution >= 4 is 11.6 Å². The zero-order valence-corrected chi connectivity index (χ0v) is 12.0. The average Bonchev–Trinajstić information content (AvgIpc) is 2.39. The van der Waals surface area contributed by atoms with Crippen molar-refractivity contribution in [1.82, 2.24) is 5.32 Å². The van der Waals surface area contributed by atoms with Gasteiger partial charge in [0.25, 0.3) is 0 Å². The fraction of sp³-hybridized carbons (Fsp3) is 0.600. The maximum absolute atomic E-state index is 13.5. The molecule has 106 valence electrons. The third kappa shape index (κ3) is 4.08. The number of rotatable bonds is 5. The molecule has 4 heteroatoms. The fourth-order valence-electron chi connectivity index (χ4n) is 2.64. The highest BCUT2D eigenvalue weighted by Gasteiger charge is 2.20. The van der Waals surface area contributed by atoms with Gasteiger partial charge in [0.1, 0.15) is 6.61 Å². The monoisotopic (exact) mass is 285 g/mol. The number of hydrogen-bond acceptors (Lipinski definition) is 2. The maximum Gasteiger partial charge on any atom is 0.173 e. The quantitative estimate of drug-likeness (QED) is 0.825. The van der Waals surface area contributed by atoms with E-state index in [1.807, 2.05) is 0 Å². The Bertz CT molecular complexity index is 393. The summed E-state index contributed by atoms with van der Waals surface area (Å²) in [5.74, 6) is 0.465. The highest BCUT2D eigenvalue weighted by Crippen LogP contribution is 2.27. The van der Waals surface area contributed by atoms with E-state index >= 15 is 0 Å². The first-order valence-electron chi connectivity index (χ1n) is 6.98. The Morgan fingerprint density at radius 2 is 2.16 bits per heavy atom. The Hall–Kier alpha value is -0.800. The molecule has 1 aromatic rings. The van der Waals surface area contributed by atoms with Crippen molar-refractivity contribution in [1.29, 1.82) is 0 Å². The van der Waals surface area contributed by atoms with Gasteiger partial charge in [0, 0.05) is 12.6 Å². The minimum atomic E-state index is -0.404. The number of benzene rings is 1.